The lowest BCUT2D eigenvalue weighted by molar-refractivity contribution is 0.0947. The van der Waals surface area contributed by atoms with E-state index in [4.69, 9.17) is 16.3 Å². The fraction of sp³-hybridized carbons (Fsp3) is 0.235. The second-order valence-corrected chi connectivity index (χ2v) is 7.64. The third-order valence-electron chi connectivity index (χ3n) is 3.19. The molecule has 0 aliphatic rings. The number of carbonyl (C=O) groups excluding carboxylic acids is 1. The number of nitrogens with one attached hydrogen (secondary N) is 2. The first-order valence-corrected chi connectivity index (χ1v) is 9.76. The van der Waals surface area contributed by atoms with Crippen molar-refractivity contribution in [1.29, 1.82) is 0 Å². The molecule has 0 heterocycles. The Bertz CT molecular complexity index is 851. The van der Waals surface area contributed by atoms with Gasteiger partial charge in [0.2, 0.25) is 10.0 Å². The second kappa shape index (κ2) is 8.22. The van der Waals surface area contributed by atoms with Gasteiger partial charge in [-0.3, -0.25) is 9.52 Å². The maximum atomic E-state index is 12.2. The standard InChI is InChI=1S/C17H19ClN2O4S/c1-12-3-6-14(7-4-12)24-10-9-19-17(21)15-11-13(5-8-16(15)18)20-25(2,22)23/h3-8,11,20H,9-10H2,1-2H3,(H,19,21). The second-order valence-electron chi connectivity index (χ2n) is 5.49. The topological polar surface area (TPSA) is 84.5 Å². The van der Waals surface area contributed by atoms with Gasteiger partial charge in [-0.15, -0.1) is 0 Å². The predicted octanol–water partition coefficient (Wildman–Crippen LogP) is 2.83. The maximum absolute atomic E-state index is 12.2. The lowest BCUT2D eigenvalue weighted by atomic mass is 10.2. The number of carbonyl (C=O) groups is 1. The molecule has 2 aromatic rings. The van der Waals surface area contributed by atoms with Crippen LogP contribution in [-0.4, -0.2) is 33.7 Å². The van der Waals surface area contributed by atoms with Crippen LogP contribution in [0.25, 0.3) is 0 Å². The summed E-state index contributed by atoms with van der Waals surface area (Å²) in [4.78, 5) is 12.2. The fourth-order valence-electron chi connectivity index (χ4n) is 2.04. The van der Waals surface area contributed by atoms with Gasteiger partial charge < -0.3 is 10.1 Å². The number of benzene rings is 2. The molecule has 0 aliphatic carbocycles. The summed E-state index contributed by atoms with van der Waals surface area (Å²) in [6.07, 6.45) is 1.03. The lowest BCUT2D eigenvalue weighted by Gasteiger charge is -2.10. The van der Waals surface area contributed by atoms with Gasteiger partial charge in [0, 0.05) is 5.69 Å². The largest absolute Gasteiger partial charge is 0.492 e. The van der Waals surface area contributed by atoms with Crippen molar-refractivity contribution in [2.75, 3.05) is 24.1 Å². The molecule has 8 heteroatoms. The van der Waals surface area contributed by atoms with Gasteiger partial charge in [0.1, 0.15) is 12.4 Å². The zero-order chi connectivity index (χ0) is 18.4. The van der Waals surface area contributed by atoms with Gasteiger partial charge in [0.05, 0.1) is 23.4 Å². The minimum atomic E-state index is -3.43. The highest BCUT2D eigenvalue weighted by molar-refractivity contribution is 7.92. The van der Waals surface area contributed by atoms with Crippen molar-refractivity contribution in [2.45, 2.75) is 6.92 Å². The van der Waals surface area contributed by atoms with Crippen molar-refractivity contribution < 1.29 is 17.9 Å². The minimum absolute atomic E-state index is 0.186. The number of ether oxygens (including phenoxy) is 1. The summed E-state index contributed by atoms with van der Waals surface area (Å²) >= 11 is 6.02. The van der Waals surface area contributed by atoms with Crippen LogP contribution >= 0.6 is 11.6 Å². The molecule has 0 aliphatic heterocycles. The first kappa shape index (κ1) is 19.1. The molecule has 0 spiro atoms. The third-order valence-corrected chi connectivity index (χ3v) is 4.13. The minimum Gasteiger partial charge on any atom is -0.492 e. The van der Waals surface area contributed by atoms with Gasteiger partial charge in [-0.05, 0) is 37.3 Å². The predicted molar refractivity (Wildman–Crippen MR) is 98.9 cm³/mol. The van der Waals surface area contributed by atoms with E-state index in [0.29, 0.717) is 6.61 Å². The van der Waals surface area contributed by atoms with Crippen molar-refractivity contribution in [3.8, 4) is 5.75 Å². The van der Waals surface area contributed by atoms with E-state index in [2.05, 4.69) is 10.0 Å². The summed E-state index contributed by atoms with van der Waals surface area (Å²) < 4.78 is 30.4. The molecule has 2 rings (SSSR count). The molecule has 0 radical (unpaired) electrons. The van der Waals surface area contributed by atoms with Crippen LogP contribution < -0.4 is 14.8 Å². The first-order chi connectivity index (χ1) is 11.7. The molecule has 2 N–H and O–H groups in total. The Labute approximate surface area is 152 Å². The number of halogens is 1. The van der Waals surface area contributed by atoms with E-state index in [9.17, 15) is 13.2 Å². The van der Waals surface area contributed by atoms with E-state index < -0.39 is 15.9 Å². The monoisotopic (exact) mass is 382 g/mol. The molecule has 0 aromatic heterocycles. The average molecular weight is 383 g/mol. The Hall–Kier alpha value is -2.25. The molecular weight excluding hydrogens is 364 g/mol. The molecule has 0 saturated carbocycles. The van der Waals surface area contributed by atoms with Crippen molar-refractivity contribution in [3.05, 3.63) is 58.6 Å². The van der Waals surface area contributed by atoms with Gasteiger partial charge in [0.15, 0.2) is 0 Å². The number of hydrogen-bond acceptors (Lipinski definition) is 4. The molecule has 2 aromatic carbocycles. The van der Waals surface area contributed by atoms with Crippen LogP contribution in [-0.2, 0) is 10.0 Å². The van der Waals surface area contributed by atoms with Crippen LogP contribution in [0.3, 0.4) is 0 Å². The third kappa shape index (κ3) is 6.28. The summed E-state index contributed by atoms with van der Waals surface area (Å²) in [5, 5.41) is 2.92. The Morgan fingerprint density at radius 3 is 2.48 bits per heavy atom. The zero-order valence-electron chi connectivity index (χ0n) is 13.9. The molecular formula is C17H19ClN2O4S. The Morgan fingerprint density at radius 1 is 1.16 bits per heavy atom. The molecule has 25 heavy (non-hydrogen) atoms. The quantitative estimate of drug-likeness (QED) is 0.721. The number of aryl methyl sites for hydroxylation is 1. The van der Waals surface area contributed by atoms with Crippen molar-refractivity contribution in [2.24, 2.45) is 0 Å². The van der Waals surface area contributed by atoms with Crippen molar-refractivity contribution in [1.82, 2.24) is 5.32 Å². The van der Waals surface area contributed by atoms with E-state index >= 15 is 0 Å². The van der Waals surface area contributed by atoms with Crippen LogP contribution in [0.15, 0.2) is 42.5 Å². The number of amides is 1. The summed E-state index contributed by atoms with van der Waals surface area (Å²) in [5.74, 6) is 0.312. The average Bonchev–Trinajstić information content (AvgIpc) is 2.53. The molecule has 0 unspecified atom stereocenters. The highest BCUT2D eigenvalue weighted by atomic mass is 35.5. The Morgan fingerprint density at radius 2 is 1.84 bits per heavy atom. The maximum Gasteiger partial charge on any atom is 0.252 e. The van der Waals surface area contributed by atoms with Crippen LogP contribution in [0.4, 0.5) is 5.69 Å². The smallest absolute Gasteiger partial charge is 0.252 e. The van der Waals surface area contributed by atoms with Crippen LogP contribution in [0.2, 0.25) is 5.02 Å². The Kier molecular flexibility index (Phi) is 6.27. The lowest BCUT2D eigenvalue weighted by Crippen LogP contribution is -2.28. The number of rotatable bonds is 7. The van der Waals surface area contributed by atoms with Crippen LogP contribution in [0, 0.1) is 6.92 Å². The van der Waals surface area contributed by atoms with Gasteiger partial charge in [-0.25, -0.2) is 8.42 Å². The van der Waals surface area contributed by atoms with E-state index in [1.165, 1.54) is 18.2 Å². The Balaban J connectivity index is 1.91. The normalized spacial score (nSPS) is 11.0. The van der Waals surface area contributed by atoms with Crippen molar-refractivity contribution >= 4 is 33.2 Å². The highest BCUT2D eigenvalue weighted by Gasteiger charge is 2.12. The van der Waals surface area contributed by atoms with E-state index in [1.54, 1.807) is 0 Å². The fourth-order valence-corrected chi connectivity index (χ4v) is 2.80. The molecule has 0 saturated heterocycles. The van der Waals surface area contributed by atoms with Gasteiger partial charge in [-0.2, -0.15) is 0 Å². The molecule has 134 valence electrons. The van der Waals surface area contributed by atoms with Gasteiger partial charge in [0.25, 0.3) is 5.91 Å². The molecule has 1 amide bonds. The number of sulfonamides is 1. The van der Waals surface area contributed by atoms with Gasteiger partial charge >= 0.3 is 0 Å². The molecule has 0 fully saturated rings. The van der Waals surface area contributed by atoms with E-state index in [1.807, 2.05) is 31.2 Å². The summed E-state index contributed by atoms with van der Waals surface area (Å²) in [5.41, 5.74) is 1.59. The van der Waals surface area contributed by atoms with E-state index in [0.717, 1.165) is 17.6 Å². The summed E-state index contributed by atoms with van der Waals surface area (Å²) in [6.45, 7) is 2.57. The van der Waals surface area contributed by atoms with Crippen molar-refractivity contribution in [3.63, 3.8) is 0 Å². The zero-order valence-corrected chi connectivity index (χ0v) is 15.4. The van der Waals surface area contributed by atoms with E-state index in [-0.39, 0.29) is 22.8 Å². The molecule has 6 nitrogen and oxygen atoms in total. The highest BCUT2D eigenvalue weighted by Crippen LogP contribution is 2.21. The molecule has 0 atom stereocenters. The van der Waals surface area contributed by atoms with Crippen LogP contribution in [0.1, 0.15) is 15.9 Å². The van der Waals surface area contributed by atoms with Gasteiger partial charge in [-0.1, -0.05) is 29.3 Å². The first-order valence-electron chi connectivity index (χ1n) is 7.49. The number of hydrogen-bond donors (Lipinski definition) is 2. The SMILES string of the molecule is Cc1ccc(OCCNC(=O)c2cc(NS(C)(=O)=O)ccc2Cl)cc1. The summed E-state index contributed by atoms with van der Waals surface area (Å²) in [7, 11) is -3.43. The number of anilines is 1. The molecule has 0 bridgehead atoms. The van der Waals surface area contributed by atoms with Crippen LogP contribution in [0.5, 0.6) is 5.75 Å². The summed E-state index contributed by atoms with van der Waals surface area (Å²) in [6, 6.07) is 11.9.